The third-order valence-electron chi connectivity index (χ3n) is 2.24. The van der Waals surface area contributed by atoms with E-state index in [1.165, 1.54) is 20.8 Å². The highest BCUT2D eigenvalue weighted by Gasteiger charge is 2.54. The molecule has 0 amide bonds. The second kappa shape index (κ2) is 7.07. The van der Waals surface area contributed by atoms with Gasteiger partial charge in [-0.3, -0.25) is 4.79 Å². The third-order valence-corrected chi connectivity index (χ3v) is 2.24. The molecule has 0 unspecified atom stereocenters. The molecule has 0 aliphatic rings. The molecule has 2 atom stereocenters. The molecule has 0 saturated carbocycles. The molecule has 0 radical (unpaired) electrons. The number of carbonyl (C=O) groups is 3. The van der Waals surface area contributed by atoms with Gasteiger partial charge in [-0.2, -0.15) is 0 Å². The fourth-order valence-corrected chi connectivity index (χ4v) is 1.28. The first-order valence-corrected chi connectivity index (χ1v) is 5.63. The molecule has 2 N–H and O–H groups in total. The first kappa shape index (κ1) is 16.5. The number of carbonyl (C=O) groups excluding carboxylic acids is 3. The standard InChI is InChI=1S/C11H18O7/c1-4-7(12)11(16,10(15)18-6-3)8(13)9(14)17-5-2/h8,13,16H,4-6H2,1-3H3/t8-,11+/m1/s1. The topological polar surface area (TPSA) is 110 Å². The van der Waals surface area contributed by atoms with E-state index in [9.17, 15) is 24.6 Å². The highest BCUT2D eigenvalue weighted by Crippen LogP contribution is 2.18. The van der Waals surface area contributed by atoms with Crippen LogP contribution in [-0.2, 0) is 23.9 Å². The number of Topliss-reactive ketones (excluding diaryl/α,β-unsaturated/α-hetero) is 1. The molecule has 0 saturated heterocycles. The predicted molar refractivity (Wildman–Crippen MR) is 59.5 cm³/mol. The second-order valence-corrected chi connectivity index (χ2v) is 3.42. The van der Waals surface area contributed by atoms with Crippen LogP contribution >= 0.6 is 0 Å². The van der Waals surface area contributed by atoms with Crippen LogP contribution in [0.5, 0.6) is 0 Å². The largest absolute Gasteiger partial charge is 0.464 e. The van der Waals surface area contributed by atoms with E-state index in [1.807, 2.05) is 0 Å². The van der Waals surface area contributed by atoms with E-state index in [-0.39, 0.29) is 19.6 Å². The quantitative estimate of drug-likeness (QED) is 0.455. The Balaban J connectivity index is 5.27. The van der Waals surface area contributed by atoms with Crippen LogP contribution in [0.4, 0.5) is 0 Å². The van der Waals surface area contributed by atoms with Gasteiger partial charge in [0.2, 0.25) is 0 Å². The fourth-order valence-electron chi connectivity index (χ4n) is 1.28. The van der Waals surface area contributed by atoms with Gasteiger partial charge in [0.1, 0.15) is 0 Å². The van der Waals surface area contributed by atoms with E-state index < -0.39 is 29.4 Å². The highest BCUT2D eigenvalue weighted by molar-refractivity contribution is 6.11. The molecule has 0 aromatic heterocycles. The van der Waals surface area contributed by atoms with Crippen molar-refractivity contribution in [2.75, 3.05) is 13.2 Å². The smallest absolute Gasteiger partial charge is 0.349 e. The Kier molecular flexibility index (Phi) is 6.50. The number of hydrogen-bond donors (Lipinski definition) is 2. The molecule has 0 aromatic rings. The highest BCUT2D eigenvalue weighted by atomic mass is 16.6. The van der Waals surface area contributed by atoms with Crippen LogP contribution in [0.25, 0.3) is 0 Å². The summed E-state index contributed by atoms with van der Waals surface area (Å²) in [5.74, 6) is -3.63. The Morgan fingerprint density at radius 2 is 1.61 bits per heavy atom. The van der Waals surface area contributed by atoms with E-state index in [4.69, 9.17) is 0 Å². The van der Waals surface area contributed by atoms with Crippen molar-refractivity contribution in [2.24, 2.45) is 0 Å². The molecule has 0 fully saturated rings. The first-order chi connectivity index (χ1) is 8.35. The van der Waals surface area contributed by atoms with Gasteiger partial charge < -0.3 is 19.7 Å². The van der Waals surface area contributed by atoms with Crippen molar-refractivity contribution in [3.63, 3.8) is 0 Å². The number of esters is 2. The van der Waals surface area contributed by atoms with Gasteiger partial charge in [-0.15, -0.1) is 0 Å². The van der Waals surface area contributed by atoms with Crippen LogP contribution in [0.2, 0.25) is 0 Å². The normalized spacial score (nSPS) is 15.4. The van der Waals surface area contributed by atoms with Gasteiger partial charge in [0.15, 0.2) is 11.9 Å². The summed E-state index contributed by atoms with van der Waals surface area (Å²) in [5.41, 5.74) is -2.92. The Morgan fingerprint density at radius 3 is 2.00 bits per heavy atom. The Morgan fingerprint density at radius 1 is 1.11 bits per heavy atom. The van der Waals surface area contributed by atoms with Crippen molar-refractivity contribution in [3.8, 4) is 0 Å². The van der Waals surface area contributed by atoms with Gasteiger partial charge in [-0.05, 0) is 13.8 Å². The lowest BCUT2D eigenvalue weighted by molar-refractivity contribution is -0.192. The monoisotopic (exact) mass is 262 g/mol. The Labute approximate surface area is 105 Å². The van der Waals surface area contributed by atoms with Crippen molar-refractivity contribution in [3.05, 3.63) is 0 Å². The number of ether oxygens (including phenoxy) is 2. The molecular formula is C11H18O7. The summed E-state index contributed by atoms with van der Waals surface area (Å²) in [5, 5.41) is 19.6. The van der Waals surface area contributed by atoms with Crippen molar-refractivity contribution < 1.29 is 34.1 Å². The van der Waals surface area contributed by atoms with Gasteiger partial charge >= 0.3 is 11.9 Å². The average Bonchev–Trinajstić information content (AvgIpc) is 2.36. The summed E-state index contributed by atoms with van der Waals surface area (Å²) in [6.07, 6.45) is -2.55. The first-order valence-electron chi connectivity index (χ1n) is 5.63. The number of aliphatic hydroxyl groups excluding tert-OH is 1. The molecule has 0 bridgehead atoms. The lowest BCUT2D eigenvalue weighted by atomic mass is 9.90. The van der Waals surface area contributed by atoms with Gasteiger partial charge in [-0.25, -0.2) is 9.59 Å². The summed E-state index contributed by atoms with van der Waals surface area (Å²) < 4.78 is 8.97. The van der Waals surface area contributed by atoms with E-state index in [0.717, 1.165) is 0 Å². The minimum atomic E-state index is -2.92. The molecule has 0 rings (SSSR count). The van der Waals surface area contributed by atoms with Crippen LogP contribution in [0.3, 0.4) is 0 Å². The van der Waals surface area contributed by atoms with Crippen molar-refractivity contribution in [2.45, 2.75) is 38.9 Å². The third kappa shape index (κ3) is 3.27. The average molecular weight is 262 g/mol. The summed E-state index contributed by atoms with van der Waals surface area (Å²) in [6.45, 7) is 4.16. The molecule has 7 heteroatoms. The summed E-state index contributed by atoms with van der Waals surface area (Å²) in [4.78, 5) is 34.5. The fraction of sp³-hybridized carbons (Fsp3) is 0.727. The number of rotatable bonds is 7. The van der Waals surface area contributed by atoms with Crippen molar-refractivity contribution >= 4 is 17.7 Å². The van der Waals surface area contributed by atoms with Crippen LogP contribution in [0, 0.1) is 0 Å². The van der Waals surface area contributed by atoms with E-state index in [0.29, 0.717) is 0 Å². The lowest BCUT2D eigenvalue weighted by Crippen LogP contribution is -2.59. The molecule has 0 aliphatic carbocycles. The minimum absolute atomic E-state index is 0.0604. The maximum Gasteiger partial charge on any atom is 0.349 e. The van der Waals surface area contributed by atoms with E-state index in [1.54, 1.807) is 0 Å². The number of ketones is 1. The maximum atomic E-state index is 11.6. The SMILES string of the molecule is CCOC(=O)[C@@H](O)[C@@](O)(C(=O)CC)C(=O)OCC. The second-order valence-electron chi connectivity index (χ2n) is 3.42. The summed E-state index contributed by atoms with van der Waals surface area (Å²) in [7, 11) is 0. The van der Waals surface area contributed by atoms with Gasteiger partial charge in [0.25, 0.3) is 5.60 Å². The summed E-state index contributed by atoms with van der Waals surface area (Å²) >= 11 is 0. The zero-order valence-corrected chi connectivity index (χ0v) is 10.6. The van der Waals surface area contributed by atoms with Crippen LogP contribution in [0.15, 0.2) is 0 Å². The number of aliphatic hydroxyl groups is 2. The van der Waals surface area contributed by atoms with Crippen molar-refractivity contribution in [1.29, 1.82) is 0 Å². The molecule has 0 aromatic carbocycles. The predicted octanol–water partition coefficient (Wildman–Crippen LogP) is -0.816. The van der Waals surface area contributed by atoms with Gasteiger partial charge in [0.05, 0.1) is 13.2 Å². The molecule has 7 nitrogen and oxygen atoms in total. The zero-order valence-electron chi connectivity index (χ0n) is 10.6. The van der Waals surface area contributed by atoms with Crippen molar-refractivity contribution in [1.82, 2.24) is 0 Å². The maximum absolute atomic E-state index is 11.6. The molecule has 0 heterocycles. The van der Waals surface area contributed by atoms with Gasteiger partial charge in [-0.1, -0.05) is 6.92 Å². The van der Waals surface area contributed by atoms with Crippen LogP contribution in [-0.4, -0.2) is 52.9 Å². The lowest BCUT2D eigenvalue weighted by Gasteiger charge is -2.27. The summed E-state index contributed by atoms with van der Waals surface area (Å²) in [6, 6.07) is 0. The molecular weight excluding hydrogens is 244 g/mol. The van der Waals surface area contributed by atoms with Crippen LogP contribution < -0.4 is 0 Å². The van der Waals surface area contributed by atoms with E-state index >= 15 is 0 Å². The molecule has 18 heavy (non-hydrogen) atoms. The Bertz CT molecular complexity index is 325. The number of hydrogen-bond acceptors (Lipinski definition) is 7. The van der Waals surface area contributed by atoms with Gasteiger partial charge in [0, 0.05) is 6.42 Å². The molecule has 104 valence electrons. The van der Waals surface area contributed by atoms with Crippen LogP contribution in [0.1, 0.15) is 27.2 Å². The van der Waals surface area contributed by atoms with E-state index in [2.05, 4.69) is 9.47 Å². The molecule has 0 aliphatic heterocycles. The zero-order chi connectivity index (χ0) is 14.3. The molecule has 0 spiro atoms. The minimum Gasteiger partial charge on any atom is -0.464 e. The Hall–Kier alpha value is -1.47.